The van der Waals surface area contributed by atoms with E-state index >= 15 is 0 Å². The van der Waals surface area contributed by atoms with Crippen LogP contribution in [0.3, 0.4) is 0 Å². The smallest absolute Gasteiger partial charge is 0.161 e. The van der Waals surface area contributed by atoms with Gasteiger partial charge in [0.2, 0.25) is 0 Å². The third-order valence-corrected chi connectivity index (χ3v) is 6.29. The fourth-order valence-electron chi connectivity index (χ4n) is 4.49. The molecule has 0 amide bonds. The van der Waals surface area contributed by atoms with Gasteiger partial charge in [-0.25, -0.2) is 4.98 Å². The predicted molar refractivity (Wildman–Crippen MR) is 115 cm³/mol. The molecule has 2 aliphatic rings. The molecule has 2 N–H and O–H groups in total. The lowest BCUT2D eigenvalue weighted by molar-refractivity contribution is 0.200. The van der Waals surface area contributed by atoms with Gasteiger partial charge in [0, 0.05) is 12.2 Å². The molecule has 0 bridgehead atoms. The van der Waals surface area contributed by atoms with Gasteiger partial charge in [-0.1, -0.05) is 18.1 Å². The van der Waals surface area contributed by atoms with Crippen LogP contribution in [0.15, 0.2) is 42.6 Å². The maximum absolute atomic E-state index is 6.35. The average molecular weight is 391 g/mol. The van der Waals surface area contributed by atoms with Gasteiger partial charge in [0.15, 0.2) is 11.5 Å². The average Bonchev–Trinajstić information content (AvgIpc) is 3.27. The Morgan fingerprint density at radius 3 is 2.52 bits per heavy atom. The summed E-state index contributed by atoms with van der Waals surface area (Å²) in [4.78, 5) is 4.37. The second-order valence-electron chi connectivity index (χ2n) is 8.27. The molecule has 0 radical (unpaired) electrons. The molecular formula is C25H30N2O2. The zero-order valence-electron chi connectivity index (χ0n) is 17.2. The maximum Gasteiger partial charge on any atom is 0.161 e. The van der Waals surface area contributed by atoms with Crippen molar-refractivity contribution in [3.63, 3.8) is 0 Å². The maximum atomic E-state index is 6.35. The molecule has 1 aromatic heterocycles. The van der Waals surface area contributed by atoms with E-state index in [9.17, 15) is 0 Å². The summed E-state index contributed by atoms with van der Waals surface area (Å²) in [6.45, 7) is 0. The number of pyridine rings is 1. The fraction of sp³-hybridized carbons (Fsp3) is 0.480. The number of nitrogens with two attached hydrogens (primary N) is 1. The molecule has 4 rings (SSSR count). The van der Waals surface area contributed by atoms with Gasteiger partial charge in [0.25, 0.3) is 0 Å². The minimum Gasteiger partial charge on any atom is -0.493 e. The minimum absolute atomic E-state index is 0.229. The molecule has 1 aromatic carbocycles. The monoisotopic (exact) mass is 390 g/mol. The summed E-state index contributed by atoms with van der Waals surface area (Å²) in [7, 11) is 1.70. The van der Waals surface area contributed by atoms with E-state index in [1.807, 2.05) is 24.3 Å². The van der Waals surface area contributed by atoms with E-state index in [0.29, 0.717) is 0 Å². The number of rotatable bonds is 4. The molecule has 4 heteroatoms. The predicted octanol–water partition coefficient (Wildman–Crippen LogP) is 4.60. The van der Waals surface area contributed by atoms with Crippen LogP contribution in [-0.4, -0.2) is 24.2 Å². The molecule has 2 saturated carbocycles. The van der Waals surface area contributed by atoms with Crippen LogP contribution in [0.5, 0.6) is 11.5 Å². The van der Waals surface area contributed by atoms with E-state index < -0.39 is 0 Å². The highest BCUT2D eigenvalue weighted by molar-refractivity contribution is 5.49. The number of methoxy groups -OCH3 is 1. The van der Waals surface area contributed by atoms with Crippen LogP contribution in [0, 0.1) is 11.8 Å². The van der Waals surface area contributed by atoms with Crippen molar-refractivity contribution in [3.8, 4) is 23.3 Å². The van der Waals surface area contributed by atoms with Crippen molar-refractivity contribution in [1.29, 1.82) is 0 Å². The Bertz CT molecular complexity index is 871. The number of aromatic nitrogens is 1. The van der Waals surface area contributed by atoms with Crippen molar-refractivity contribution in [2.75, 3.05) is 7.11 Å². The Morgan fingerprint density at radius 2 is 1.83 bits per heavy atom. The zero-order valence-corrected chi connectivity index (χ0v) is 17.2. The standard InChI is InChI=1S/C25H30N2O2/c1-28-23-10-9-19(18-24(23)29-22-7-2-3-8-22)25(14-11-20(26)12-15-25)16-13-21-6-4-5-17-27-21/h4-6,9-10,17-18,20,22H,2-3,7-8,11-12,14-15,26H2,1H3/t20-,25-. The van der Waals surface area contributed by atoms with E-state index in [2.05, 4.69) is 29.0 Å². The number of ether oxygens (including phenoxy) is 2. The third-order valence-electron chi connectivity index (χ3n) is 6.29. The summed E-state index contributed by atoms with van der Waals surface area (Å²) in [6.07, 6.45) is 10.6. The van der Waals surface area contributed by atoms with Crippen molar-refractivity contribution in [2.24, 2.45) is 5.73 Å². The highest BCUT2D eigenvalue weighted by atomic mass is 16.5. The van der Waals surface area contributed by atoms with Gasteiger partial charge in [-0.05, 0) is 87.1 Å². The largest absolute Gasteiger partial charge is 0.493 e. The van der Waals surface area contributed by atoms with E-state index in [1.165, 1.54) is 18.4 Å². The van der Waals surface area contributed by atoms with Crippen molar-refractivity contribution in [1.82, 2.24) is 4.98 Å². The molecule has 0 saturated heterocycles. The molecule has 29 heavy (non-hydrogen) atoms. The van der Waals surface area contributed by atoms with Crippen molar-refractivity contribution in [3.05, 3.63) is 53.9 Å². The van der Waals surface area contributed by atoms with Crippen LogP contribution in [-0.2, 0) is 5.41 Å². The Balaban J connectivity index is 1.69. The lowest BCUT2D eigenvalue weighted by atomic mass is 9.68. The van der Waals surface area contributed by atoms with Gasteiger partial charge in [-0.2, -0.15) is 0 Å². The molecule has 152 valence electrons. The van der Waals surface area contributed by atoms with Crippen molar-refractivity contribution < 1.29 is 9.47 Å². The van der Waals surface area contributed by atoms with Crippen LogP contribution in [0.25, 0.3) is 0 Å². The van der Waals surface area contributed by atoms with E-state index in [4.69, 9.17) is 15.2 Å². The topological polar surface area (TPSA) is 57.4 Å². The van der Waals surface area contributed by atoms with Gasteiger partial charge in [0.1, 0.15) is 5.69 Å². The summed E-state index contributed by atoms with van der Waals surface area (Å²) in [6, 6.07) is 12.4. The minimum atomic E-state index is -0.229. The summed E-state index contributed by atoms with van der Waals surface area (Å²) in [5, 5.41) is 0. The SMILES string of the molecule is COc1ccc([C@]2(C#Cc3ccccn3)CC[C@@H](N)CC2)cc1OC1CCCC1. The lowest BCUT2D eigenvalue weighted by Gasteiger charge is -2.36. The molecule has 2 aliphatic carbocycles. The molecule has 0 spiro atoms. The second kappa shape index (κ2) is 8.88. The second-order valence-corrected chi connectivity index (χ2v) is 8.27. The van der Waals surface area contributed by atoms with Gasteiger partial charge in [-0.3, -0.25) is 0 Å². The molecule has 2 aromatic rings. The summed E-state index contributed by atoms with van der Waals surface area (Å²) in [5.41, 5.74) is 7.99. The Kier molecular flexibility index (Phi) is 6.06. The molecule has 1 heterocycles. The van der Waals surface area contributed by atoms with E-state index in [0.717, 1.165) is 55.7 Å². The van der Waals surface area contributed by atoms with Gasteiger partial charge in [0.05, 0.1) is 18.6 Å². The quantitative estimate of drug-likeness (QED) is 0.775. The zero-order chi connectivity index (χ0) is 20.1. The number of benzene rings is 1. The van der Waals surface area contributed by atoms with Gasteiger partial charge < -0.3 is 15.2 Å². The molecule has 2 fully saturated rings. The summed E-state index contributed by atoms with van der Waals surface area (Å²) >= 11 is 0. The first-order chi connectivity index (χ1) is 14.2. The number of hydrogen-bond acceptors (Lipinski definition) is 4. The summed E-state index contributed by atoms with van der Waals surface area (Å²) < 4.78 is 11.9. The van der Waals surface area contributed by atoms with E-state index in [1.54, 1.807) is 13.3 Å². The molecule has 0 aliphatic heterocycles. The van der Waals surface area contributed by atoms with E-state index in [-0.39, 0.29) is 17.6 Å². The molecular weight excluding hydrogens is 360 g/mol. The van der Waals surface area contributed by atoms with Crippen LogP contribution in [0.2, 0.25) is 0 Å². The van der Waals surface area contributed by atoms with Crippen molar-refractivity contribution in [2.45, 2.75) is 68.9 Å². The van der Waals surface area contributed by atoms with Crippen LogP contribution >= 0.6 is 0 Å². The fourth-order valence-corrected chi connectivity index (χ4v) is 4.49. The molecule has 0 unspecified atom stereocenters. The Hall–Kier alpha value is -2.51. The highest BCUT2D eigenvalue weighted by Gasteiger charge is 2.35. The molecule has 0 atom stereocenters. The van der Waals surface area contributed by atoms with Gasteiger partial charge in [-0.15, -0.1) is 0 Å². The number of hydrogen-bond donors (Lipinski definition) is 1. The molecule has 4 nitrogen and oxygen atoms in total. The Labute approximate surface area is 173 Å². The van der Waals surface area contributed by atoms with Crippen molar-refractivity contribution >= 4 is 0 Å². The van der Waals surface area contributed by atoms with Gasteiger partial charge >= 0.3 is 0 Å². The number of nitrogens with zero attached hydrogens (tertiary/aromatic N) is 1. The summed E-state index contributed by atoms with van der Waals surface area (Å²) in [5.74, 6) is 8.53. The highest BCUT2D eigenvalue weighted by Crippen LogP contribution is 2.42. The third kappa shape index (κ3) is 4.57. The normalized spacial score (nSPS) is 24.6. The van der Waals surface area contributed by atoms with Crippen LogP contribution in [0.4, 0.5) is 0 Å². The first-order valence-electron chi connectivity index (χ1n) is 10.7. The lowest BCUT2D eigenvalue weighted by Crippen LogP contribution is -2.36. The van der Waals surface area contributed by atoms with Crippen LogP contribution < -0.4 is 15.2 Å². The Morgan fingerprint density at radius 1 is 1.03 bits per heavy atom. The first-order valence-corrected chi connectivity index (χ1v) is 10.7. The first kappa shape index (κ1) is 19.8. The van der Waals surface area contributed by atoms with Crippen LogP contribution in [0.1, 0.15) is 62.6 Å².